The van der Waals surface area contributed by atoms with Gasteiger partial charge in [0.1, 0.15) is 10.7 Å². The molecule has 0 unspecified atom stereocenters. The quantitative estimate of drug-likeness (QED) is 0.203. The number of aromatic nitrogens is 1. The molecule has 4 rings (SSSR count). The highest BCUT2D eigenvalue weighted by atomic mass is 35.5. The smallest absolute Gasteiger partial charge is 0.292 e. The summed E-state index contributed by atoms with van der Waals surface area (Å²) in [7, 11) is 0. The zero-order valence-corrected chi connectivity index (χ0v) is 20.4. The molecule has 0 saturated heterocycles. The first kappa shape index (κ1) is 23.5. The summed E-state index contributed by atoms with van der Waals surface area (Å²) in [5.41, 5.74) is 6.54. The van der Waals surface area contributed by atoms with Gasteiger partial charge in [-0.1, -0.05) is 47.2 Å². The van der Waals surface area contributed by atoms with Gasteiger partial charge in [-0.15, -0.1) is 0 Å². The molecule has 0 radical (unpaired) electrons. The lowest BCUT2D eigenvalue weighted by Crippen LogP contribution is -2.21. The van der Waals surface area contributed by atoms with Gasteiger partial charge >= 0.3 is 0 Å². The van der Waals surface area contributed by atoms with E-state index in [4.69, 9.17) is 16.0 Å². The van der Waals surface area contributed by atoms with Crippen molar-refractivity contribution in [3.8, 4) is 11.3 Å². The average molecular weight is 494 g/mol. The zero-order chi connectivity index (χ0) is 23.9. The minimum atomic E-state index is -0.354. The summed E-state index contributed by atoms with van der Waals surface area (Å²) in [4.78, 5) is 19.5. The highest BCUT2D eigenvalue weighted by molar-refractivity contribution is 7.20. The molecule has 9 heteroatoms. The summed E-state index contributed by atoms with van der Waals surface area (Å²) < 4.78 is 5.20. The predicted octanol–water partition coefficient (Wildman–Crippen LogP) is 6.60. The van der Waals surface area contributed by atoms with Crippen LogP contribution in [0.4, 0.5) is 15.8 Å². The number of nitrogens with zero attached hydrogens (tertiary/aromatic N) is 3. The molecule has 7 nitrogen and oxygen atoms in total. The molecule has 0 bridgehead atoms. The minimum absolute atomic E-state index is 0.219. The third-order valence-corrected chi connectivity index (χ3v) is 6.24. The van der Waals surface area contributed by atoms with Crippen molar-refractivity contribution >= 4 is 50.9 Å². The van der Waals surface area contributed by atoms with E-state index in [1.54, 1.807) is 30.5 Å². The van der Waals surface area contributed by atoms with Crippen LogP contribution in [0.2, 0.25) is 5.02 Å². The molecule has 2 heterocycles. The summed E-state index contributed by atoms with van der Waals surface area (Å²) in [5, 5.41) is 8.93. The number of amides is 1. The molecule has 0 fully saturated rings. The standard InChI is InChI=1S/C25H24ClN5O2S/c1-3-31(4-2)20-13-7-17(8-14-20)16-27-30-25-28-22(18-9-11-19(26)12-10-18)24(34-25)29-23(32)21-6-5-15-33-21/h5-16H,3-4H2,1-2H3,(H,28,30)(H,29,32). The maximum absolute atomic E-state index is 12.5. The van der Waals surface area contributed by atoms with Crippen LogP contribution < -0.4 is 15.6 Å². The van der Waals surface area contributed by atoms with Crippen LogP contribution in [0.15, 0.2) is 76.4 Å². The van der Waals surface area contributed by atoms with E-state index >= 15 is 0 Å². The summed E-state index contributed by atoms with van der Waals surface area (Å²) in [6.45, 7) is 6.20. The maximum Gasteiger partial charge on any atom is 0.292 e. The Morgan fingerprint density at radius 2 is 1.85 bits per heavy atom. The van der Waals surface area contributed by atoms with Crippen LogP contribution in [0.5, 0.6) is 0 Å². The summed E-state index contributed by atoms with van der Waals surface area (Å²) >= 11 is 7.31. The Bertz CT molecular complexity index is 1250. The van der Waals surface area contributed by atoms with Crippen molar-refractivity contribution in [1.29, 1.82) is 0 Å². The van der Waals surface area contributed by atoms with E-state index in [1.165, 1.54) is 23.3 Å². The maximum atomic E-state index is 12.5. The number of hydrazone groups is 1. The molecule has 0 aliphatic heterocycles. The van der Waals surface area contributed by atoms with Crippen molar-refractivity contribution in [3.63, 3.8) is 0 Å². The zero-order valence-electron chi connectivity index (χ0n) is 18.8. The van der Waals surface area contributed by atoms with Crippen LogP contribution in [-0.4, -0.2) is 30.2 Å². The van der Waals surface area contributed by atoms with Gasteiger partial charge in [-0.2, -0.15) is 5.10 Å². The van der Waals surface area contributed by atoms with E-state index in [-0.39, 0.29) is 11.7 Å². The Kier molecular flexibility index (Phi) is 7.61. The lowest BCUT2D eigenvalue weighted by atomic mass is 10.1. The highest BCUT2D eigenvalue weighted by Gasteiger charge is 2.17. The van der Waals surface area contributed by atoms with E-state index in [0.29, 0.717) is 20.8 Å². The number of hydrogen-bond acceptors (Lipinski definition) is 7. The van der Waals surface area contributed by atoms with Gasteiger partial charge in [-0.25, -0.2) is 4.98 Å². The first-order valence-corrected chi connectivity index (χ1v) is 12.0. The molecule has 0 saturated carbocycles. The van der Waals surface area contributed by atoms with Crippen LogP contribution >= 0.6 is 22.9 Å². The molecular formula is C25H24ClN5O2S. The third-order valence-electron chi connectivity index (χ3n) is 5.11. The molecule has 0 spiro atoms. The van der Waals surface area contributed by atoms with Gasteiger partial charge in [0.05, 0.1) is 12.5 Å². The highest BCUT2D eigenvalue weighted by Crippen LogP contribution is 2.36. The third kappa shape index (κ3) is 5.65. The molecule has 0 aliphatic carbocycles. The number of benzene rings is 2. The topological polar surface area (TPSA) is 82.8 Å². The van der Waals surface area contributed by atoms with E-state index in [0.717, 1.165) is 24.2 Å². The van der Waals surface area contributed by atoms with Crippen LogP contribution in [0.25, 0.3) is 11.3 Å². The summed E-state index contributed by atoms with van der Waals surface area (Å²) in [6, 6.07) is 18.7. The van der Waals surface area contributed by atoms with E-state index in [9.17, 15) is 4.79 Å². The van der Waals surface area contributed by atoms with Crippen LogP contribution in [0.3, 0.4) is 0 Å². The first-order chi connectivity index (χ1) is 16.6. The molecule has 2 N–H and O–H groups in total. The Morgan fingerprint density at radius 3 is 2.50 bits per heavy atom. The molecular weight excluding hydrogens is 470 g/mol. The van der Waals surface area contributed by atoms with Gasteiger partial charge in [0.25, 0.3) is 5.91 Å². The lowest BCUT2D eigenvalue weighted by Gasteiger charge is -2.20. The second kappa shape index (κ2) is 11.0. The summed E-state index contributed by atoms with van der Waals surface area (Å²) in [6.07, 6.45) is 3.19. The molecule has 0 aliphatic rings. The fraction of sp³-hybridized carbons (Fsp3) is 0.160. The van der Waals surface area contributed by atoms with Crippen molar-refractivity contribution in [2.45, 2.75) is 13.8 Å². The van der Waals surface area contributed by atoms with Gasteiger partial charge in [0, 0.05) is 29.4 Å². The number of carbonyl (C=O) groups excluding carboxylic acids is 1. The largest absolute Gasteiger partial charge is 0.459 e. The fourth-order valence-electron chi connectivity index (χ4n) is 3.35. The number of rotatable bonds is 9. The second-order valence-corrected chi connectivity index (χ2v) is 8.70. The number of hydrogen-bond donors (Lipinski definition) is 2. The van der Waals surface area contributed by atoms with Crippen molar-refractivity contribution in [3.05, 3.63) is 83.3 Å². The Balaban J connectivity index is 1.52. The van der Waals surface area contributed by atoms with Gasteiger partial charge < -0.3 is 14.6 Å². The van der Waals surface area contributed by atoms with Crippen LogP contribution in [0, 0.1) is 0 Å². The van der Waals surface area contributed by atoms with Gasteiger partial charge in [-0.05, 0) is 55.8 Å². The predicted molar refractivity (Wildman–Crippen MR) is 140 cm³/mol. The lowest BCUT2D eigenvalue weighted by molar-refractivity contribution is 0.0997. The number of thiazole rings is 1. The van der Waals surface area contributed by atoms with Gasteiger partial charge in [0.2, 0.25) is 5.13 Å². The molecule has 174 valence electrons. The Hall–Kier alpha value is -3.62. The summed E-state index contributed by atoms with van der Waals surface area (Å²) in [5.74, 6) is -0.136. The van der Waals surface area contributed by atoms with E-state index in [2.05, 4.69) is 51.7 Å². The molecule has 34 heavy (non-hydrogen) atoms. The molecule has 2 aromatic heterocycles. The van der Waals surface area contributed by atoms with Crippen molar-refractivity contribution < 1.29 is 9.21 Å². The molecule has 0 atom stereocenters. The van der Waals surface area contributed by atoms with Crippen molar-refractivity contribution in [2.75, 3.05) is 28.7 Å². The molecule has 4 aromatic rings. The van der Waals surface area contributed by atoms with Crippen LogP contribution in [-0.2, 0) is 0 Å². The Morgan fingerprint density at radius 1 is 1.12 bits per heavy atom. The second-order valence-electron chi connectivity index (χ2n) is 7.27. The van der Waals surface area contributed by atoms with Crippen molar-refractivity contribution in [1.82, 2.24) is 4.98 Å². The van der Waals surface area contributed by atoms with Crippen LogP contribution in [0.1, 0.15) is 30.0 Å². The molecule has 1 amide bonds. The van der Waals surface area contributed by atoms with Gasteiger partial charge in [-0.3, -0.25) is 10.2 Å². The average Bonchev–Trinajstić information content (AvgIpc) is 3.52. The van der Waals surface area contributed by atoms with Gasteiger partial charge in [0.15, 0.2) is 5.76 Å². The monoisotopic (exact) mass is 493 g/mol. The van der Waals surface area contributed by atoms with E-state index in [1.807, 2.05) is 24.3 Å². The first-order valence-electron chi connectivity index (χ1n) is 10.8. The number of halogens is 1. The van der Waals surface area contributed by atoms with E-state index < -0.39 is 0 Å². The van der Waals surface area contributed by atoms with Crippen molar-refractivity contribution in [2.24, 2.45) is 5.10 Å². The number of carbonyl (C=O) groups is 1. The molecule has 2 aromatic carbocycles. The number of nitrogens with one attached hydrogen (secondary N) is 2. The fourth-order valence-corrected chi connectivity index (χ4v) is 4.31. The number of anilines is 3. The number of furan rings is 1. The Labute approximate surface area is 207 Å². The SMILES string of the molecule is CCN(CC)c1ccc(C=NNc2nc(-c3ccc(Cl)cc3)c(NC(=O)c3ccco3)s2)cc1. The normalized spacial score (nSPS) is 11.0. The minimum Gasteiger partial charge on any atom is -0.459 e.